The van der Waals surface area contributed by atoms with Crippen LogP contribution in [0.4, 0.5) is 26.6 Å². The minimum atomic E-state index is -0.464. The number of aryl methyl sites for hydroxylation is 2. The molecule has 1 aliphatic carbocycles. The van der Waals surface area contributed by atoms with Gasteiger partial charge < -0.3 is 24.6 Å². The molecule has 2 heterocycles. The fourth-order valence-electron chi connectivity index (χ4n) is 5.78. The molecule has 0 atom stereocenters. The molecule has 9 nitrogen and oxygen atoms in total. The SMILES string of the molecule is Cc1cccc(C)c1OC(=O)N(c1ccnc(Nc2ccc(OCCCN3CCN(C)CC3)c(F)c2)n1)C1CCCCC1. The fourth-order valence-corrected chi connectivity index (χ4v) is 5.78. The number of piperazine rings is 1. The van der Waals surface area contributed by atoms with E-state index in [2.05, 4.69) is 32.1 Å². The second kappa shape index (κ2) is 14.6. The van der Waals surface area contributed by atoms with Crippen LogP contribution in [-0.4, -0.2) is 78.3 Å². The summed E-state index contributed by atoms with van der Waals surface area (Å²) in [5.41, 5.74) is 2.28. The number of amides is 1. The molecule has 2 aliphatic rings. The van der Waals surface area contributed by atoms with Gasteiger partial charge in [0.15, 0.2) is 11.6 Å². The molecule has 43 heavy (non-hydrogen) atoms. The van der Waals surface area contributed by atoms with Crippen molar-refractivity contribution in [2.45, 2.75) is 58.4 Å². The van der Waals surface area contributed by atoms with E-state index in [-0.39, 0.29) is 17.7 Å². The summed E-state index contributed by atoms with van der Waals surface area (Å²) in [6.07, 6.45) is 6.94. The summed E-state index contributed by atoms with van der Waals surface area (Å²) in [6, 6.07) is 12.2. The van der Waals surface area contributed by atoms with Gasteiger partial charge in [0.05, 0.1) is 6.61 Å². The van der Waals surface area contributed by atoms with Gasteiger partial charge in [0.1, 0.15) is 11.6 Å². The summed E-state index contributed by atoms with van der Waals surface area (Å²) in [4.78, 5) is 29.0. The smallest absolute Gasteiger partial charge is 0.421 e. The fraction of sp³-hybridized carbons (Fsp3) is 0.485. The number of hydrogen-bond donors (Lipinski definition) is 1. The van der Waals surface area contributed by atoms with Crippen LogP contribution in [0.25, 0.3) is 0 Å². The van der Waals surface area contributed by atoms with Gasteiger partial charge in [-0.05, 0) is 69.5 Å². The van der Waals surface area contributed by atoms with Crippen LogP contribution in [0.2, 0.25) is 0 Å². The molecule has 0 spiro atoms. The molecular formula is C33H43FN6O3. The van der Waals surface area contributed by atoms with Crippen molar-refractivity contribution in [1.82, 2.24) is 19.8 Å². The number of nitrogens with one attached hydrogen (secondary N) is 1. The second-order valence-electron chi connectivity index (χ2n) is 11.6. The van der Waals surface area contributed by atoms with E-state index in [4.69, 9.17) is 9.47 Å². The van der Waals surface area contributed by atoms with Crippen LogP contribution in [0.1, 0.15) is 49.7 Å². The Hall–Kier alpha value is -3.76. The van der Waals surface area contributed by atoms with Crippen LogP contribution in [-0.2, 0) is 0 Å². The van der Waals surface area contributed by atoms with Gasteiger partial charge in [-0.1, -0.05) is 37.5 Å². The monoisotopic (exact) mass is 590 g/mol. The Morgan fingerprint density at radius 1 is 1.05 bits per heavy atom. The van der Waals surface area contributed by atoms with Crippen molar-refractivity contribution < 1.29 is 18.7 Å². The Balaban J connectivity index is 1.24. The van der Waals surface area contributed by atoms with E-state index in [0.717, 1.165) is 82.4 Å². The molecular weight excluding hydrogens is 547 g/mol. The number of anilines is 3. The van der Waals surface area contributed by atoms with Crippen LogP contribution < -0.4 is 19.7 Å². The summed E-state index contributed by atoms with van der Waals surface area (Å²) < 4.78 is 26.6. The Labute approximate surface area is 254 Å². The molecule has 0 radical (unpaired) electrons. The molecule has 1 saturated heterocycles. The van der Waals surface area contributed by atoms with Crippen LogP contribution in [0.5, 0.6) is 11.5 Å². The highest BCUT2D eigenvalue weighted by Crippen LogP contribution is 2.30. The molecule has 0 unspecified atom stereocenters. The number of halogens is 1. The standard InChI is InChI=1S/C33H43FN6O3/c1-24-9-7-10-25(2)31(24)43-33(41)40(27-11-5-4-6-12-27)30-15-16-35-32(37-30)36-26-13-14-29(28(34)23-26)42-22-8-17-39-20-18-38(3)19-21-39/h7,9-10,13-16,23,27H,4-6,8,11-12,17-22H2,1-3H3,(H,35,36,37). The number of aromatic nitrogens is 2. The molecule has 1 aliphatic heterocycles. The highest BCUT2D eigenvalue weighted by Gasteiger charge is 2.30. The zero-order valence-electron chi connectivity index (χ0n) is 25.5. The highest BCUT2D eigenvalue weighted by atomic mass is 19.1. The summed E-state index contributed by atoms with van der Waals surface area (Å²) in [7, 11) is 2.14. The molecule has 5 rings (SSSR count). The first kappa shape index (κ1) is 30.7. The topological polar surface area (TPSA) is 83.1 Å². The predicted octanol–water partition coefficient (Wildman–Crippen LogP) is 6.33. The first-order chi connectivity index (χ1) is 20.9. The maximum Gasteiger partial charge on any atom is 0.421 e. The number of para-hydroxylation sites is 1. The number of carbonyl (C=O) groups excluding carboxylic acids is 1. The van der Waals surface area contributed by atoms with Crippen LogP contribution in [0.15, 0.2) is 48.7 Å². The van der Waals surface area contributed by atoms with Gasteiger partial charge in [0.2, 0.25) is 5.95 Å². The highest BCUT2D eigenvalue weighted by molar-refractivity contribution is 5.89. The Morgan fingerprint density at radius 2 is 1.79 bits per heavy atom. The lowest BCUT2D eigenvalue weighted by Gasteiger charge is -2.33. The zero-order valence-corrected chi connectivity index (χ0v) is 25.5. The predicted molar refractivity (Wildman–Crippen MR) is 167 cm³/mol. The van der Waals surface area contributed by atoms with E-state index in [0.29, 0.717) is 23.9 Å². The zero-order chi connectivity index (χ0) is 30.2. The lowest BCUT2D eigenvalue weighted by Crippen LogP contribution is -2.44. The molecule has 1 aromatic heterocycles. The average molecular weight is 591 g/mol. The van der Waals surface area contributed by atoms with Crippen molar-refractivity contribution in [2.75, 3.05) is 56.6 Å². The van der Waals surface area contributed by atoms with Crippen molar-refractivity contribution >= 4 is 23.5 Å². The third kappa shape index (κ3) is 8.20. The van der Waals surface area contributed by atoms with E-state index < -0.39 is 11.9 Å². The van der Waals surface area contributed by atoms with Crippen molar-refractivity contribution in [2.24, 2.45) is 0 Å². The minimum absolute atomic E-state index is 0.0292. The molecule has 2 aromatic carbocycles. The lowest BCUT2D eigenvalue weighted by atomic mass is 9.94. The Kier molecular flexibility index (Phi) is 10.4. The number of carbonyl (C=O) groups is 1. The van der Waals surface area contributed by atoms with Crippen molar-refractivity contribution in [3.05, 3.63) is 65.6 Å². The van der Waals surface area contributed by atoms with E-state index in [1.165, 1.54) is 6.07 Å². The average Bonchev–Trinajstić information content (AvgIpc) is 3.00. The molecule has 3 aromatic rings. The molecule has 1 amide bonds. The molecule has 230 valence electrons. The van der Waals surface area contributed by atoms with E-state index in [1.807, 2.05) is 32.0 Å². The largest absolute Gasteiger partial charge is 0.490 e. The van der Waals surface area contributed by atoms with E-state index in [1.54, 1.807) is 29.3 Å². The minimum Gasteiger partial charge on any atom is -0.490 e. The van der Waals surface area contributed by atoms with Crippen LogP contribution in [0.3, 0.4) is 0 Å². The lowest BCUT2D eigenvalue weighted by molar-refractivity contribution is 0.145. The van der Waals surface area contributed by atoms with E-state index in [9.17, 15) is 9.18 Å². The number of rotatable bonds is 10. The first-order valence-electron chi connectivity index (χ1n) is 15.4. The number of ether oxygens (including phenoxy) is 2. The van der Waals surface area contributed by atoms with Gasteiger partial charge in [0.25, 0.3) is 0 Å². The summed E-state index contributed by atoms with van der Waals surface area (Å²) in [5.74, 6) is 1.04. The number of hydrogen-bond acceptors (Lipinski definition) is 8. The van der Waals surface area contributed by atoms with Gasteiger partial charge in [0, 0.05) is 56.7 Å². The third-order valence-corrected chi connectivity index (χ3v) is 8.28. The van der Waals surface area contributed by atoms with Gasteiger partial charge >= 0.3 is 6.09 Å². The first-order valence-corrected chi connectivity index (χ1v) is 15.4. The summed E-state index contributed by atoms with van der Waals surface area (Å²) >= 11 is 0. The summed E-state index contributed by atoms with van der Waals surface area (Å²) in [5, 5.41) is 3.08. The van der Waals surface area contributed by atoms with Gasteiger partial charge in [-0.2, -0.15) is 4.98 Å². The van der Waals surface area contributed by atoms with Crippen molar-refractivity contribution in [3.8, 4) is 11.5 Å². The third-order valence-electron chi connectivity index (χ3n) is 8.28. The molecule has 0 bridgehead atoms. The quantitative estimate of drug-likeness (QED) is 0.274. The Bertz CT molecular complexity index is 1350. The van der Waals surface area contributed by atoms with Crippen LogP contribution >= 0.6 is 0 Å². The van der Waals surface area contributed by atoms with Gasteiger partial charge in [-0.25, -0.2) is 14.2 Å². The second-order valence-corrected chi connectivity index (χ2v) is 11.6. The maximum absolute atomic E-state index is 14.9. The summed E-state index contributed by atoms with van der Waals surface area (Å²) in [6.45, 7) is 9.52. The molecule has 10 heteroatoms. The molecule has 1 saturated carbocycles. The van der Waals surface area contributed by atoms with Crippen molar-refractivity contribution in [3.63, 3.8) is 0 Å². The van der Waals surface area contributed by atoms with E-state index >= 15 is 0 Å². The molecule has 2 fully saturated rings. The van der Waals surface area contributed by atoms with Gasteiger partial charge in [-0.3, -0.25) is 4.90 Å². The maximum atomic E-state index is 14.9. The Morgan fingerprint density at radius 3 is 2.51 bits per heavy atom. The number of nitrogens with zero attached hydrogens (tertiary/aromatic N) is 5. The number of benzene rings is 2. The normalized spacial score (nSPS) is 16.6. The van der Waals surface area contributed by atoms with Crippen molar-refractivity contribution in [1.29, 1.82) is 0 Å². The molecule has 1 N–H and O–H groups in total. The van der Waals surface area contributed by atoms with Crippen LogP contribution in [0, 0.1) is 19.7 Å². The number of likely N-dealkylation sites (N-methyl/N-ethyl adjacent to an activating group) is 1. The van der Waals surface area contributed by atoms with Gasteiger partial charge in [-0.15, -0.1) is 0 Å².